The maximum absolute atomic E-state index is 5.52. The predicted octanol–water partition coefficient (Wildman–Crippen LogP) is 4.70. The number of hydrogen-bond acceptors (Lipinski definition) is 4. The molecule has 130 valence electrons. The minimum Gasteiger partial charge on any atom is -0.496 e. The van der Waals surface area contributed by atoms with Crippen LogP contribution in [0.1, 0.15) is 19.4 Å². The van der Waals surface area contributed by atoms with Crippen LogP contribution in [-0.4, -0.2) is 27.1 Å². The molecule has 0 aliphatic rings. The minimum absolute atomic E-state index is 0.449. The van der Waals surface area contributed by atoms with Crippen molar-refractivity contribution >= 4 is 11.8 Å². The highest BCUT2D eigenvalue weighted by molar-refractivity contribution is 7.99. The van der Waals surface area contributed by atoms with Crippen molar-refractivity contribution in [2.24, 2.45) is 0 Å². The lowest BCUT2D eigenvalue weighted by Crippen LogP contribution is -2.07. The van der Waals surface area contributed by atoms with E-state index in [1.165, 1.54) is 5.56 Å². The lowest BCUT2D eigenvalue weighted by atomic mass is 10.1. The van der Waals surface area contributed by atoms with Crippen LogP contribution < -0.4 is 4.74 Å². The van der Waals surface area contributed by atoms with E-state index in [0.717, 1.165) is 35.3 Å². The molecule has 4 nitrogen and oxygen atoms in total. The van der Waals surface area contributed by atoms with Gasteiger partial charge in [0.25, 0.3) is 0 Å². The number of thioether (sulfide) groups is 1. The SMILES string of the molecule is COc1ccccc1-c1nnc(SC(C)C)n1CCc1ccccc1. The number of aryl methyl sites for hydroxylation is 1. The molecule has 0 bridgehead atoms. The summed E-state index contributed by atoms with van der Waals surface area (Å²) in [6, 6.07) is 18.5. The Morgan fingerprint density at radius 2 is 1.72 bits per heavy atom. The van der Waals surface area contributed by atoms with Crippen molar-refractivity contribution in [2.75, 3.05) is 7.11 Å². The Hall–Kier alpha value is -2.27. The second kappa shape index (κ2) is 8.21. The van der Waals surface area contributed by atoms with Crippen LogP contribution in [0.5, 0.6) is 5.75 Å². The summed E-state index contributed by atoms with van der Waals surface area (Å²) in [4.78, 5) is 0. The summed E-state index contributed by atoms with van der Waals surface area (Å²) in [5.41, 5.74) is 2.28. The average Bonchev–Trinajstić information content (AvgIpc) is 3.02. The molecule has 0 unspecified atom stereocenters. The fourth-order valence-corrected chi connectivity index (χ4v) is 3.52. The molecule has 1 heterocycles. The summed E-state index contributed by atoms with van der Waals surface area (Å²) in [5, 5.41) is 10.3. The van der Waals surface area contributed by atoms with Crippen molar-refractivity contribution in [2.45, 2.75) is 37.2 Å². The number of aromatic nitrogens is 3. The number of hydrogen-bond donors (Lipinski definition) is 0. The minimum atomic E-state index is 0.449. The van der Waals surface area contributed by atoms with Gasteiger partial charge in [-0.25, -0.2) is 0 Å². The van der Waals surface area contributed by atoms with Crippen molar-refractivity contribution < 1.29 is 4.74 Å². The topological polar surface area (TPSA) is 39.9 Å². The lowest BCUT2D eigenvalue weighted by Gasteiger charge is -2.13. The van der Waals surface area contributed by atoms with Crippen molar-refractivity contribution in [3.05, 3.63) is 60.2 Å². The van der Waals surface area contributed by atoms with Gasteiger partial charge in [0.15, 0.2) is 11.0 Å². The van der Waals surface area contributed by atoms with E-state index in [1.54, 1.807) is 18.9 Å². The summed E-state index contributed by atoms with van der Waals surface area (Å²) >= 11 is 1.74. The average molecular weight is 353 g/mol. The Kier molecular flexibility index (Phi) is 5.76. The molecule has 2 aromatic carbocycles. The highest BCUT2D eigenvalue weighted by atomic mass is 32.2. The van der Waals surface area contributed by atoms with Gasteiger partial charge in [0.2, 0.25) is 0 Å². The largest absolute Gasteiger partial charge is 0.496 e. The molecule has 3 aromatic rings. The Morgan fingerprint density at radius 1 is 1.00 bits per heavy atom. The molecule has 5 heteroatoms. The molecule has 0 aliphatic carbocycles. The van der Waals surface area contributed by atoms with Gasteiger partial charge in [-0.05, 0) is 24.1 Å². The highest BCUT2D eigenvalue weighted by Crippen LogP contribution is 2.32. The first-order valence-electron chi connectivity index (χ1n) is 8.46. The van der Waals surface area contributed by atoms with Gasteiger partial charge in [0, 0.05) is 11.8 Å². The molecular weight excluding hydrogens is 330 g/mol. The van der Waals surface area contributed by atoms with E-state index in [1.807, 2.05) is 30.3 Å². The standard InChI is InChI=1S/C20H23N3OS/c1-15(2)25-20-22-21-19(17-11-7-8-12-18(17)24-3)23(20)14-13-16-9-5-4-6-10-16/h4-12,15H,13-14H2,1-3H3. The first-order valence-corrected chi connectivity index (χ1v) is 9.34. The number of rotatable bonds is 7. The molecule has 3 rings (SSSR count). The van der Waals surface area contributed by atoms with Gasteiger partial charge in [-0.3, -0.25) is 0 Å². The summed E-state index contributed by atoms with van der Waals surface area (Å²) in [5.74, 6) is 1.67. The van der Waals surface area contributed by atoms with E-state index in [4.69, 9.17) is 4.74 Å². The zero-order valence-electron chi connectivity index (χ0n) is 14.8. The molecule has 25 heavy (non-hydrogen) atoms. The van der Waals surface area contributed by atoms with E-state index in [0.29, 0.717) is 5.25 Å². The Bertz CT molecular complexity index is 815. The molecule has 0 saturated carbocycles. The van der Waals surface area contributed by atoms with Crippen LogP contribution in [0.15, 0.2) is 59.8 Å². The lowest BCUT2D eigenvalue weighted by molar-refractivity contribution is 0.415. The predicted molar refractivity (Wildman–Crippen MR) is 103 cm³/mol. The van der Waals surface area contributed by atoms with E-state index in [9.17, 15) is 0 Å². The van der Waals surface area contributed by atoms with Gasteiger partial charge in [0.1, 0.15) is 5.75 Å². The van der Waals surface area contributed by atoms with Gasteiger partial charge >= 0.3 is 0 Å². The van der Waals surface area contributed by atoms with Crippen molar-refractivity contribution in [3.63, 3.8) is 0 Å². The van der Waals surface area contributed by atoms with Gasteiger partial charge < -0.3 is 9.30 Å². The molecule has 0 atom stereocenters. The van der Waals surface area contributed by atoms with E-state index < -0.39 is 0 Å². The summed E-state index contributed by atoms with van der Waals surface area (Å²) in [6.45, 7) is 5.17. The molecule has 0 saturated heterocycles. The quantitative estimate of drug-likeness (QED) is 0.577. The monoisotopic (exact) mass is 353 g/mol. The molecular formula is C20H23N3OS. The van der Waals surface area contributed by atoms with E-state index >= 15 is 0 Å². The summed E-state index contributed by atoms with van der Waals surface area (Å²) in [6.07, 6.45) is 0.937. The van der Waals surface area contributed by atoms with Crippen LogP contribution >= 0.6 is 11.8 Å². The Balaban J connectivity index is 1.96. The number of nitrogens with zero attached hydrogens (tertiary/aromatic N) is 3. The van der Waals surface area contributed by atoms with Crippen LogP contribution in [0.3, 0.4) is 0 Å². The van der Waals surface area contributed by atoms with Crippen molar-refractivity contribution in [3.8, 4) is 17.1 Å². The second-order valence-electron chi connectivity index (χ2n) is 6.06. The van der Waals surface area contributed by atoms with Crippen LogP contribution in [0, 0.1) is 0 Å². The smallest absolute Gasteiger partial charge is 0.191 e. The number of para-hydroxylation sites is 1. The third kappa shape index (κ3) is 4.23. The summed E-state index contributed by atoms with van der Waals surface area (Å²) < 4.78 is 7.72. The van der Waals surface area contributed by atoms with Gasteiger partial charge in [-0.2, -0.15) is 0 Å². The molecule has 0 amide bonds. The molecule has 0 N–H and O–H groups in total. The third-order valence-corrected chi connectivity index (χ3v) is 4.86. The molecule has 0 fully saturated rings. The Labute approximate surface area is 153 Å². The zero-order chi connectivity index (χ0) is 17.6. The molecule has 0 spiro atoms. The maximum atomic E-state index is 5.52. The van der Waals surface area contributed by atoms with Crippen LogP contribution in [0.4, 0.5) is 0 Å². The second-order valence-corrected chi connectivity index (χ2v) is 7.60. The summed E-state index contributed by atoms with van der Waals surface area (Å²) in [7, 11) is 1.69. The maximum Gasteiger partial charge on any atom is 0.191 e. The normalized spacial score (nSPS) is 11.0. The fourth-order valence-electron chi connectivity index (χ4n) is 2.70. The van der Waals surface area contributed by atoms with E-state index in [-0.39, 0.29) is 0 Å². The van der Waals surface area contributed by atoms with Gasteiger partial charge in [0.05, 0.1) is 12.7 Å². The molecule has 0 radical (unpaired) electrons. The van der Waals surface area contributed by atoms with Crippen LogP contribution in [0.2, 0.25) is 0 Å². The Morgan fingerprint density at radius 3 is 2.44 bits per heavy atom. The van der Waals surface area contributed by atoms with Crippen molar-refractivity contribution in [1.29, 1.82) is 0 Å². The molecule has 1 aromatic heterocycles. The van der Waals surface area contributed by atoms with E-state index in [2.05, 4.69) is 52.9 Å². The fraction of sp³-hybridized carbons (Fsp3) is 0.300. The number of benzene rings is 2. The number of ether oxygens (including phenoxy) is 1. The van der Waals surface area contributed by atoms with Crippen molar-refractivity contribution in [1.82, 2.24) is 14.8 Å². The van der Waals surface area contributed by atoms with Gasteiger partial charge in [-0.1, -0.05) is 68.1 Å². The first kappa shape index (κ1) is 17.5. The van der Waals surface area contributed by atoms with Crippen LogP contribution in [0.25, 0.3) is 11.4 Å². The van der Waals surface area contributed by atoms with Gasteiger partial charge in [-0.15, -0.1) is 10.2 Å². The first-order chi connectivity index (χ1) is 12.2. The number of methoxy groups -OCH3 is 1. The highest BCUT2D eigenvalue weighted by Gasteiger charge is 2.18. The van der Waals surface area contributed by atoms with Crippen LogP contribution in [-0.2, 0) is 13.0 Å². The zero-order valence-corrected chi connectivity index (χ0v) is 15.7. The third-order valence-electron chi connectivity index (χ3n) is 3.87. The molecule has 0 aliphatic heterocycles.